The first kappa shape index (κ1) is 11.5. The molecule has 0 spiro atoms. The molecule has 0 fully saturated rings. The molecule has 1 aromatic carbocycles. The van der Waals surface area contributed by atoms with Crippen LogP contribution in [0.15, 0.2) is 22.1 Å². The summed E-state index contributed by atoms with van der Waals surface area (Å²) in [5.41, 5.74) is 0.369. The van der Waals surface area contributed by atoms with Crippen LogP contribution >= 0.6 is 27.3 Å². The van der Waals surface area contributed by atoms with Gasteiger partial charge in [-0.3, -0.25) is 0 Å². The first-order valence-electron chi connectivity index (χ1n) is 4.40. The van der Waals surface area contributed by atoms with Crippen molar-refractivity contribution >= 4 is 38.1 Å². The van der Waals surface area contributed by atoms with Crippen LogP contribution in [0.4, 0.5) is 19.6 Å². The molecule has 0 aliphatic carbocycles. The largest absolute Gasteiger partial charge is 0.329 e. The first-order chi connectivity index (χ1) is 7.56. The lowest BCUT2D eigenvalue weighted by molar-refractivity contribution is 0.595. The van der Waals surface area contributed by atoms with Gasteiger partial charge in [0.1, 0.15) is 16.2 Å². The number of nitrogens with one attached hydrogen (secondary N) is 1. The Balaban J connectivity index is 2.31. The van der Waals surface area contributed by atoms with E-state index >= 15 is 0 Å². The van der Waals surface area contributed by atoms with E-state index in [4.69, 9.17) is 0 Å². The summed E-state index contributed by atoms with van der Waals surface area (Å²) in [6.45, 7) is 1.52. The molecule has 0 saturated heterocycles. The van der Waals surface area contributed by atoms with Crippen LogP contribution in [0, 0.1) is 18.6 Å². The van der Waals surface area contributed by atoms with Gasteiger partial charge in [0, 0.05) is 11.4 Å². The third-order valence-electron chi connectivity index (χ3n) is 1.97. The molecule has 0 radical (unpaired) electrons. The number of hydrogen-bond donors (Lipinski definition) is 1. The molecule has 6 heteroatoms. The second-order valence-corrected chi connectivity index (χ2v) is 4.85. The molecule has 16 heavy (non-hydrogen) atoms. The highest BCUT2D eigenvalue weighted by Crippen LogP contribution is 2.26. The van der Waals surface area contributed by atoms with Gasteiger partial charge in [0.05, 0.1) is 5.69 Å². The van der Waals surface area contributed by atoms with E-state index in [1.165, 1.54) is 18.3 Å². The van der Waals surface area contributed by atoms with Crippen LogP contribution in [0.1, 0.15) is 5.56 Å². The van der Waals surface area contributed by atoms with Gasteiger partial charge in [-0.25, -0.2) is 13.8 Å². The number of rotatable bonds is 2. The summed E-state index contributed by atoms with van der Waals surface area (Å²) in [6, 6.07) is 2.28. The van der Waals surface area contributed by atoms with E-state index in [1.54, 1.807) is 5.38 Å². The summed E-state index contributed by atoms with van der Waals surface area (Å²) in [5, 5.41) is 4.99. The molecule has 0 amide bonds. The van der Waals surface area contributed by atoms with Crippen molar-refractivity contribution in [1.82, 2.24) is 4.98 Å². The third kappa shape index (κ3) is 2.38. The maximum atomic E-state index is 13.5. The lowest BCUT2D eigenvalue weighted by Crippen LogP contribution is -1.96. The maximum Gasteiger partial charge on any atom is 0.188 e. The number of benzene rings is 1. The normalized spacial score (nSPS) is 10.5. The van der Waals surface area contributed by atoms with Gasteiger partial charge in [-0.2, -0.15) is 0 Å². The summed E-state index contributed by atoms with van der Waals surface area (Å²) in [4.78, 5) is 4.03. The summed E-state index contributed by atoms with van der Waals surface area (Å²) in [6.07, 6.45) is 0. The van der Waals surface area contributed by atoms with E-state index in [2.05, 4.69) is 26.2 Å². The lowest BCUT2D eigenvalue weighted by atomic mass is 10.2. The van der Waals surface area contributed by atoms with Gasteiger partial charge in [-0.05, 0) is 34.5 Å². The van der Waals surface area contributed by atoms with Crippen molar-refractivity contribution in [3.63, 3.8) is 0 Å². The fraction of sp³-hybridized carbons (Fsp3) is 0.100. The number of halogens is 3. The Bertz CT molecular complexity index is 528. The SMILES string of the molecule is Cc1cc(F)c(Nc2nc(Br)cs2)cc1F. The average Bonchev–Trinajstić information content (AvgIpc) is 2.60. The summed E-state index contributed by atoms with van der Waals surface area (Å²) >= 11 is 4.49. The quantitative estimate of drug-likeness (QED) is 0.898. The van der Waals surface area contributed by atoms with E-state index in [1.807, 2.05) is 0 Å². The Morgan fingerprint density at radius 2 is 2.06 bits per heavy atom. The van der Waals surface area contributed by atoms with Crippen molar-refractivity contribution in [3.8, 4) is 0 Å². The zero-order chi connectivity index (χ0) is 11.7. The van der Waals surface area contributed by atoms with Crippen LogP contribution < -0.4 is 5.32 Å². The molecule has 0 saturated carbocycles. The molecule has 2 aromatic rings. The molecule has 0 atom stereocenters. The van der Waals surface area contributed by atoms with E-state index in [0.29, 0.717) is 9.73 Å². The van der Waals surface area contributed by atoms with Crippen molar-refractivity contribution in [1.29, 1.82) is 0 Å². The van der Waals surface area contributed by atoms with Gasteiger partial charge < -0.3 is 5.32 Å². The van der Waals surface area contributed by atoms with Gasteiger partial charge in [-0.15, -0.1) is 11.3 Å². The fourth-order valence-corrected chi connectivity index (χ4v) is 2.33. The van der Waals surface area contributed by atoms with Crippen molar-refractivity contribution < 1.29 is 8.78 Å². The van der Waals surface area contributed by atoms with Crippen molar-refractivity contribution in [2.75, 3.05) is 5.32 Å². The molecule has 84 valence electrons. The van der Waals surface area contributed by atoms with Crippen LogP contribution in [0.2, 0.25) is 0 Å². The monoisotopic (exact) mass is 304 g/mol. The minimum absolute atomic E-state index is 0.0879. The molecular formula is C10H7BrF2N2S. The Morgan fingerprint density at radius 3 is 2.69 bits per heavy atom. The van der Waals surface area contributed by atoms with Crippen LogP contribution in [-0.2, 0) is 0 Å². The summed E-state index contributed by atoms with van der Waals surface area (Å²) in [7, 11) is 0. The molecule has 1 aromatic heterocycles. The summed E-state index contributed by atoms with van der Waals surface area (Å²) in [5.74, 6) is -0.940. The third-order valence-corrected chi connectivity index (χ3v) is 3.43. The Hall–Kier alpha value is -1.01. The fourth-order valence-electron chi connectivity index (χ4n) is 1.17. The van der Waals surface area contributed by atoms with Crippen LogP contribution in [0.3, 0.4) is 0 Å². The molecular weight excluding hydrogens is 298 g/mol. The number of aromatic nitrogens is 1. The van der Waals surface area contributed by atoms with E-state index in [-0.39, 0.29) is 11.3 Å². The van der Waals surface area contributed by atoms with Crippen LogP contribution in [0.25, 0.3) is 0 Å². The smallest absolute Gasteiger partial charge is 0.188 e. The molecule has 1 N–H and O–H groups in total. The molecule has 1 heterocycles. The Morgan fingerprint density at radius 1 is 1.31 bits per heavy atom. The van der Waals surface area contributed by atoms with Gasteiger partial charge in [0.15, 0.2) is 5.13 Å². The second kappa shape index (κ2) is 4.47. The Kier molecular flexibility index (Phi) is 3.20. The molecule has 2 nitrogen and oxygen atoms in total. The predicted octanol–water partition coefficient (Wildman–Crippen LogP) is 4.24. The highest BCUT2D eigenvalue weighted by Gasteiger charge is 2.08. The molecule has 0 unspecified atom stereocenters. The number of nitrogens with zero attached hydrogens (tertiary/aromatic N) is 1. The molecule has 2 rings (SSSR count). The van der Waals surface area contributed by atoms with Crippen molar-refractivity contribution in [3.05, 3.63) is 39.3 Å². The minimum Gasteiger partial charge on any atom is -0.329 e. The Labute approximate surface area is 103 Å². The van der Waals surface area contributed by atoms with Crippen LogP contribution in [0.5, 0.6) is 0 Å². The highest BCUT2D eigenvalue weighted by atomic mass is 79.9. The van der Waals surface area contributed by atoms with E-state index < -0.39 is 11.6 Å². The van der Waals surface area contributed by atoms with Gasteiger partial charge >= 0.3 is 0 Å². The standard InChI is InChI=1S/C10H7BrF2N2S/c1-5-2-7(13)8(3-6(5)12)14-10-15-9(11)4-16-10/h2-4H,1H3,(H,14,15). The average molecular weight is 305 g/mol. The van der Waals surface area contributed by atoms with E-state index in [9.17, 15) is 8.78 Å². The molecule has 0 aliphatic heterocycles. The number of thiazole rings is 1. The van der Waals surface area contributed by atoms with Gasteiger partial charge in [0.2, 0.25) is 0 Å². The zero-order valence-electron chi connectivity index (χ0n) is 8.22. The van der Waals surface area contributed by atoms with E-state index in [0.717, 1.165) is 12.1 Å². The van der Waals surface area contributed by atoms with Crippen molar-refractivity contribution in [2.24, 2.45) is 0 Å². The molecule has 0 bridgehead atoms. The minimum atomic E-state index is -0.495. The highest BCUT2D eigenvalue weighted by molar-refractivity contribution is 9.10. The zero-order valence-corrected chi connectivity index (χ0v) is 10.6. The second-order valence-electron chi connectivity index (χ2n) is 3.18. The predicted molar refractivity (Wildman–Crippen MR) is 64.2 cm³/mol. The van der Waals surface area contributed by atoms with Crippen molar-refractivity contribution in [2.45, 2.75) is 6.92 Å². The van der Waals surface area contributed by atoms with Crippen LogP contribution in [-0.4, -0.2) is 4.98 Å². The number of anilines is 2. The summed E-state index contributed by atoms with van der Waals surface area (Å²) < 4.78 is 27.4. The number of aryl methyl sites for hydroxylation is 1. The van der Waals surface area contributed by atoms with Gasteiger partial charge in [-0.1, -0.05) is 0 Å². The lowest BCUT2D eigenvalue weighted by Gasteiger charge is -2.05. The van der Waals surface area contributed by atoms with Gasteiger partial charge in [0.25, 0.3) is 0 Å². The first-order valence-corrected chi connectivity index (χ1v) is 6.07. The topological polar surface area (TPSA) is 24.9 Å². The maximum absolute atomic E-state index is 13.5. The molecule has 0 aliphatic rings. The number of hydrogen-bond acceptors (Lipinski definition) is 3.